The van der Waals surface area contributed by atoms with Crippen LogP contribution in [0.25, 0.3) is 5.69 Å². The molecule has 1 aliphatic rings. The Balaban J connectivity index is 0.000000913. The molecule has 0 unspecified atom stereocenters. The molecular formula is C24H27FN4O3. The Morgan fingerprint density at radius 1 is 1.19 bits per heavy atom. The Hall–Kier alpha value is -3.52. The van der Waals surface area contributed by atoms with E-state index in [1.54, 1.807) is 18.2 Å². The summed E-state index contributed by atoms with van der Waals surface area (Å²) in [7, 11) is 0. The molecule has 2 aromatic carbocycles. The summed E-state index contributed by atoms with van der Waals surface area (Å²) in [5.74, 6) is -0.272. The van der Waals surface area contributed by atoms with Crippen LogP contribution in [0, 0.1) is 5.82 Å². The van der Waals surface area contributed by atoms with Gasteiger partial charge < -0.3 is 15.7 Å². The number of hydrogen-bond donors (Lipinski definition) is 2. The van der Waals surface area contributed by atoms with E-state index in [0.717, 1.165) is 24.2 Å². The van der Waals surface area contributed by atoms with E-state index in [1.807, 2.05) is 52.2 Å². The fourth-order valence-corrected chi connectivity index (χ4v) is 3.97. The lowest BCUT2D eigenvalue weighted by Crippen LogP contribution is -2.36. The number of carbonyl (C=O) groups excluding carboxylic acids is 1. The highest BCUT2D eigenvalue weighted by Gasteiger charge is 2.32. The fraction of sp³-hybridized carbons (Fsp3) is 0.292. The summed E-state index contributed by atoms with van der Waals surface area (Å²) in [6.07, 6.45) is 4.30. The van der Waals surface area contributed by atoms with Crippen LogP contribution in [-0.2, 0) is 16.0 Å². The van der Waals surface area contributed by atoms with Crippen LogP contribution < -0.4 is 5.73 Å². The number of amides is 1. The number of rotatable bonds is 6. The SMILES string of the molecule is N[C@@H](CC(=O)N1CCC[C@H]1c1ccn(-c2ccccc2)n1)Cc1ccccc1F.O=CO. The molecule has 0 spiro atoms. The van der Waals surface area contributed by atoms with Gasteiger partial charge in [0.1, 0.15) is 5.82 Å². The second kappa shape index (κ2) is 11.2. The zero-order valence-electron chi connectivity index (χ0n) is 17.7. The van der Waals surface area contributed by atoms with Crippen LogP contribution in [0.15, 0.2) is 66.9 Å². The van der Waals surface area contributed by atoms with Gasteiger partial charge >= 0.3 is 0 Å². The minimum atomic E-state index is -0.414. The molecule has 0 aliphatic carbocycles. The van der Waals surface area contributed by atoms with E-state index in [2.05, 4.69) is 0 Å². The summed E-state index contributed by atoms with van der Waals surface area (Å²) < 4.78 is 15.7. The zero-order valence-corrected chi connectivity index (χ0v) is 17.7. The average molecular weight is 439 g/mol. The number of carboxylic acid groups (broad SMARTS) is 1. The van der Waals surface area contributed by atoms with Crippen molar-refractivity contribution in [3.63, 3.8) is 0 Å². The van der Waals surface area contributed by atoms with Crippen LogP contribution in [0.5, 0.6) is 0 Å². The molecule has 3 aromatic rings. The van der Waals surface area contributed by atoms with Gasteiger partial charge in [-0.2, -0.15) is 5.10 Å². The Labute approximate surface area is 186 Å². The Morgan fingerprint density at radius 3 is 2.59 bits per heavy atom. The number of para-hydroxylation sites is 1. The minimum absolute atomic E-state index is 0.00519. The largest absolute Gasteiger partial charge is 0.483 e. The molecular weight excluding hydrogens is 411 g/mol. The van der Waals surface area contributed by atoms with Crippen LogP contribution in [0.1, 0.15) is 36.6 Å². The first-order chi connectivity index (χ1) is 15.5. The molecule has 7 nitrogen and oxygen atoms in total. The second-order valence-electron chi connectivity index (χ2n) is 7.63. The van der Waals surface area contributed by atoms with E-state index >= 15 is 0 Å². The molecule has 4 rings (SSSR count). The van der Waals surface area contributed by atoms with Gasteiger partial charge in [0.05, 0.1) is 17.4 Å². The molecule has 1 aromatic heterocycles. The smallest absolute Gasteiger partial charge is 0.290 e. The number of halogens is 1. The van der Waals surface area contributed by atoms with E-state index in [1.165, 1.54) is 6.07 Å². The van der Waals surface area contributed by atoms with Crippen LogP contribution in [0.4, 0.5) is 4.39 Å². The first-order valence-electron chi connectivity index (χ1n) is 10.5. The molecule has 2 atom stereocenters. The van der Waals surface area contributed by atoms with Crippen molar-refractivity contribution in [1.29, 1.82) is 0 Å². The van der Waals surface area contributed by atoms with Crippen molar-refractivity contribution in [3.8, 4) is 5.69 Å². The van der Waals surface area contributed by atoms with Crippen LogP contribution >= 0.6 is 0 Å². The highest BCUT2D eigenvalue weighted by Crippen LogP contribution is 2.32. The van der Waals surface area contributed by atoms with Gasteiger partial charge in [-0.1, -0.05) is 36.4 Å². The average Bonchev–Trinajstić information content (AvgIpc) is 3.46. The van der Waals surface area contributed by atoms with Crippen molar-refractivity contribution < 1.29 is 19.1 Å². The molecule has 1 fully saturated rings. The Bertz CT molecular complexity index is 1020. The number of benzene rings is 2. The molecule has 3 N–H and O–H groups in total. The van der Waals surface area contributed by atoms with Gasteiger partial charge in [-0.15, -0.1) is 0 Å². The predicted molar refractivity (Wildman–Crippen MR) is 119 cm³/mol. The van der Waals surface area contributed by atoms with Gasteiger partial charge in [0.15, 0.2) is 0 Å². The maximum absolute atomic E-state index is 13.9. The third-order valence-corrected chi connectivity index (χ3v) is 5.42. The highest BCUT2D eigenvalue weighted by atomic mass is 19.1. The lowest BCUT2D eigenvalue weighted by Gasteiger charge is -2.25. The Morgan fingerprint density at radius 2 is 1.88 bits per heavy atom. The second-order valence-corrected chi connectivity index (χ2v) is 7.63. The van der Waals surface area contributed by atoms with Gasteiger partial charge in [0, 0.05) is 25.2 Å². The van der Waals surface area contributed by atoms with E-state index < -0.39 is 6.04 Å². The summed E-state index contributed by atoms with van der Waals surface area (Å²) >= 11 is 0. The van der Waals surface area contributed by atoms with Crippen molar-refractivity contribution in [1.82, 2.24) is 14.7 Å². The first kappa shape index (κ1) is 23.1. The number of nitrogens with two attached hydrogens (primary N) is 1. The summed E-state index contributed by atoms with van der Waals surface area (Å²) in [6, 6.07) is 18.0. The van der Waals surface area contributed by atoms with Crippen LogP contribution in [-0.4, -0.2) is 44.8 Å². The standard InChI is InChI=1S/C23H25FN4O.CH2O2/c24-20-10-5-4-7-17(20)15-18(25)16-23(29)27-13-6-11-22(27)21-12-14-28(26-21)19-8-2-1-3-9-19;2-1-3/h1-5,7-10,12,14,18,22H,6,11,13,15-16,25H2;1H,(H,2,3)/t18-,22+;/m1./s1. The molecule has 0 saturated carbocycles. The maximum atomic E-state index is 13.9. The van der Waals surface area contributed by atoms with Gasteiger partial charge in [-0.25, -0.2) is 9.07 Å². The topological polar surface area (TPSA) is 101 Å². The fourth-order valence-electron chi connectivity index (χ4n) is 3.97. The van der Waals surface area contributed by atoms with Crippen LogP contribution in [0.2, 0.25) is 0 Å². The zero-order chi connectivity index (χ0) is 22.9. The summed E-state index contributed by atoms with van der Waals surface area (Å²) in [6.45, 7) is 0.452. The third kappa shape index (κ3) is 5.79. The highest BCUT2D eigenvalue weighted by molar-refractivity contribution is 5.77. The van der Waals surface area contributed by atoms with E-state index in [4.69, 9.17) is 20.7 Å². The monoisotopic (exact) mass is 438 g/mol. The van der Waals surface area contributed by atoms with Gasteiger partial charge in [-0.05, 0) is 49.1 Å². The first-order valence-corrected chi connectivity index (χ1v) is 10.5. The summed E-state index contributed by atoms with van der Waals surface area (Å²) in [5, 5.41) is 11.6. The predicted octanol–water partition coefficient (Wildman–Crippen LogP) is 3.34. The van der Waals surface area contributed by atoms with E-state index in [-0.39, 0.29) is 30.7 Å². The van der Waals surface area contributed by atoms with Crippen molar-refractivity contribution in [2.75, 3.05) is 6.54 Å². The normalized spacial score (nSPS) is 16.2. The minimum Gasteiger partial charge on any atom is -0.483 e. The number of aromatic nitrogens is 2. The molecule has 0 bridgehead atoms. The van der Waals surface area contributed by atoms with Crippen molar-refractivity contribution in [2.24, 2.45) is 5.73 Å². The molecule has 1 aliphatic heterocycles. The molecule has 1 amide bonds. The molecule has 32 heavy (non-hydrogen) atoms. The number of likely N-dealkylation sites (tertiary alicyclic amines) is 1. The van der Waals surface area contributed by atoms with E-state index in [9.17, 15) is 9.18 Å². The quantitative estimate of drug-likeness (QED) is 0.575. The summed E-state index contributed by atoms with van der Waals surface area (Å²) in [5.41, 5.74) is 8.60. The van der Waals surface area contributed by atoms with Gasteiger partial charge in [0.25, 0.3) is 6.47 Å². The Kier molecular flexibility index (Phi) is 8.10. The van der Waals surface area contributed by atoms with Gasteiger partial charge in [-0.3, -0.25) is 9.59 Å². The van der Waals surface area contributed by atoms with Gasteiger partial charge in [0.2, 0.25) is 5.91 Å². The van der Waals surface area contributed by atoms with Crippen molar-refractivity contribution >= 4 is 12.4 Å². The molecule has 2 heterocycles. The van der Waals surface area contributed by atoms with E-state index in [0.29, 0.717) is 18.5 Å². The van der Waals surface area contributed by atoms with Crippen molar-refractivity contribution in [2.45, 2.75) is 37.8 Å². The van der Waals surface area contributed by atoms with Crippen molar-refractivity contribution in [3.05, 3.63) is 83.9 Å². The number of carbonyl (C=O) groups is 2. The molecule has 168 valence electrons. The molecule has 0 radical (unpaired) electrons. The lowest BCUT2D eigenvalue weighted by atomic mass is 10.0. The molecule has 8 heteroatoms. The summed E-state index contributed by atoms with van der Waals surface area (Å²) in [4.78, 5) is 23.1. The molecule has 1 saturated heterocycles. The van der Waals surface area contributed by atoms with Crippen LogP contribution in [0.3, 0.4) is 0 Å². The lowest BCUT2D eigenvalue weighted by molar-refractivity contribution is -0.132. The number of nitrogens with zero attached hydrogens (tertiary/aromatic N) is 3. The third-order valence-electron chi connectivity index (χ3n) is 5.42. The maximum Gasteiger partial charge on any atom is 0.290 e. The number of hydrogen-bond acceptors (Lipinski definition) is 4.